The number of alkyl halides is 7. The van der Waals surface area contributed by atoms with Gasteiger partial charge in [-0.25, -0.2) is 0 Å². The van der Waals surface area contributed by atoms with Crippen molar-refractivity contribution in [2.45, 2.75) is 24.8 Å². The van der Waals surface area contributed by atoms with Crippen LogP contribution in [0.25, 0.3) is 0 Å². The second-order valence-corrected chi connectivity index (χ2v) is 5.69. The van der Waals surface area contributed by atoms with Crippen LogP contribution < -0.4 is 0 Å². The van der Waals surface area contributed by atoms with Gasteiger partial charge in [-0.05, 0) is 12.1 Å². The van der Waals surface area contributed by atoms with E-state index in [0.717, 1.165) is 18.5 Å². The molecule has 2 aromatic rings. The summed E-state index contributed by atoms with van der Waals surface area (Å²) in [6.07, 6.45) is -7.03. The van der Waals surface area contributed by atoms with E-state index in [1.54, 1.807) is 0 Å². The van der Waals surface area contributed by atoms with E-state index < -0.39 is 30.3 Å². The molecule has 0 aliphatic heterocycles. The molecule has 0 saturated heterocycles. The smallest absolute Gasteiger partial charge is 0.392 e. The molecule has 0 atom stereocenters. The summed E-state index contributed by atoms with van der Waals surface area (Å²) in [6.45, 7) is -0.427. The van der Waals surface area contributed by atoms with Gasteiger partial charge in [-0.15, -0.1) is 11.6 Å². The standard InChI is InChI=1S/C7H4Cl2F3N.C7H5ClF3NO/c8-2-4-3-13-6(1-5(4)9)7(10,11)12;8-5-1-6(7(9,10)11)12-2-4(5)3-13/h1,3H,2H2;1-2,13H,3H2. The Kier molecular flexibility index (Phi) is 7.94. The van der Waals surface area contributed by atoms with Crippen molar-refractivity contribution in [1.29, 1.82) is 0 Å². The zero-order valence-electron chi connectivity index (χ0n) is 12.5. The quantitative estimate of drug-likeness (QED) is 0.478. The van der Waals surface area contributed by atoms with Crippen LogP contribution in [0.3, 0.4) is 0 Å². The van der Waals surface area contributed by atoms with Gasteiger partial charge in [0.15, 0.2) is 0 Å². The van der Waals surface area contributed by atoms with Crippen molar-refractivity contribution in [3.05, 3.63) is 57.1 Å². The summed E-state index contributed by atoms with van der Waals surface area (Å²) in [5, 5.41) is 8.46. The summed E-state index contributed by atoms with van der Waals surface area (Å²) < 4.78 is 72.2. The molecule has 0 aliphatic carbocycles. The van der Waals surface area contributed by atoms with Crippen LogP contribution in [-0.2, 0) is 24.8 Å². The summed E-state index contributed by atoms with van der Waals surface area (Å²) in [6, 6.07) is 1.45. The molecule has 2 heterocycles. The molecule has 2 aromatic heterocycles. The van der Waals surface area contributed by atoms with Crippen LogP contribution >= 0.6 is 34.8 Å². The van der Waals surface area contributed by atoms with E-state index in [2.05, 4.69) is 9.97 Å². The minimum absolute atomic E-state index is 0.0164. The predicted octanol–water partition coefficient (Wildman–Crippen LogP) is 5.74. The Bertz CT molecular complexity index is 689. The number of nitrogens with zero attached hydrogens (tertiary/aromatic N) is 2. The van der Waals surface area contributed by atoms with E-state index in [0.29, 0.717) is 11.6 Å². The van der Waals surface area contributed by atoms with Gasteiger partial charge in [0.25, 0.3) is 0 Å². The van der Waals surface area contributed by atoms with E-state index >= 15 is 0 Å². The molecule has 0 aromatic carbocycles. The van der Waals surface area contributed by atoms with Gasteiger partial charge in [-0.1, -0.05) is 23.2 Å². The molecule has 0 fully saturated rings. The van der Waals surface area contributed by atoms with Crippen molar-refractivity contribution in [2.75, 3.05) is 0 Å². The van der Waals surface area contributed by atoms with Crippen molar-refractivity contribution in [3.63, 3.8) is 0 Å². The Balaban J connectivity index is 0.000000260. The van der Waals surface area contributed by atoms with Crippen LogP contribution in [0.2, 0.25) is 10.0 Å². The molecular weight excluding hydrogens is 433 g/mol. The lowest BCUT2D eigenvalue weighted by Gasteiger charge is -2.06. The van der Waals surface area contributed by atoms with E-state index in [9.17, 15) is 26.3 Å². The van der Waals surface area contributed by atoms with Gasteiger partial charge in [0.2, 0.25) is 0 Å². The average Bonchev–Trinajstić information content (AvgIpc) is 2.53. The summed E-state index contributed by atoms with van der Waals surface area (Å²) in [7, 11) is 0. The number of pyridine rings is 2. The van der Waals surface area contributed by atoms with Crippen LogP contribution in [-0.4, -0.2) is 15.1 Å². The van der Waals surface area contributed by atoms with Gasteiger partial charge < -0.3 is 5.11 Å². The summed E-state index contributed by atoms with van der Waals surface area (Å²) in [5.41, 5.74) is -1.51. The van der Waals surface area contributed by atoms with E-state index in [-0.39, 0.29) is 21.5 Å². The van der Waals surface area contributed by atoms with Gasteiger partial charge in [0.1, 0.15) is 11.4 Å². The lowest BCUT2D eigenvalue weighted by molar-refractivity contribution is -0.142. The molecule has 26 heavy (non-hydrogen) atoms. The van der Waals surface area contributed by atoms with Crippen LogP contribution in [0, 0.1) is 0 Å². The molecule has 144 valence electrons. The molecule has 0 amide bonds. The third-order valence-corrected chi connectivity index (χ3v) is 3.75. The number of hydrogen-bond donors (Lipinski definition) is 1. The fourth-order valence-corrected chi connectivity index (χ4v) is 2.16. The topological polar surface area (TPSA) is 46.0 Å². The maximum Gasteiger partial charge on any atom is 0.433 e. The highest BCUT2D eigenvalue weighted by molar-refractivity contribution is 6.32. The van der Waals surface area contributed by atoms with Crippen molar-refractivity contribution in [3.8, 4) is 0 Å². The van der Waals surface area contributed by atoms with Gasteiger partial charge in [0, 0.05) is 33.6 Å². The van der Waals surface area contributed by atoms with Gasteiger partial charge in [-0.2, -0.15) is 26.3 Å². The minimum atomic E-state index is -4.50. The largest absolute Gasteiger partial charge is 0.433 e. The number of rotatable bonds is 2. The van der Waals surface area contributed by atoms with E-state index in [1.165, 1.54) is 0 Å². The monoisotopic (exact) mass is 440 g/mol. The van der Waals surface area contributed by atoms with Crippen molar-refractivity contribution in [1.82, 2.24) is 9.97 Å². The molecule has 0 spiro atoms. The molecule has 0 saturated carbocycles. The molecular formula is C14H9Cl3F6N2O. The zero-order chi connectivity index (χ0) is 20.1. The van der Waals surface area contributed by atoms with Crippen LogP contribution in [0.1, 0.15) is 22.5 Å². The average molecular weight is 442 g/mol. The third-order valence-electron chi connectivity index (χ3n) is 2.75. The molecule has 3 nitrogen and oxygen atoms in total. The van der Waals surface area contributed by atoms with Gasteiger partial charge in [-0.3, -0.25) is 9.97 Å². The van der Waals surface area contributed by atoms with Crippen LogP contribution in [0.15, 0.2) is 24.5 Å². The third kappa shape index (κ3) is 6.46. The first-order valence-electron chi connectivity index (χ1n) is 6.50. The highest BCUT2D eigenvalue weighted by Gasteiger charge is 2.33. The second kappa shape index (κ2) is 9.07. The summed E-state index contributed by atoms with van der Waals surface area (Å²) in [4.78, 5) is 6.30. The lowest BCUT2D eigenvalue weighted by atomic mass is 10.2. The number of hydrogen-bond acceptors (Lipinski definition) is 3. The zero-order valence-corrected chi connectivity index (χ0v) is 14.7. The summed E-state index contributed by atoms with van der Waals surface area (Å²) >= 11 is 16.3. The maximum atomic E-state index is 12.0. The Morgan fingerprint density at radius 1 is 0.808 bits per heavy atom. The number of aliphatic hydroxyl groups is 1. The first kappa shape index (κ1) is 22.8. The van der Waals surface area contributed by atoms with E-state index in [1.807, 2.05) is 0 Å². The normalized spacial score (nSPS) is 11.8. The van der Waals surface area contributed by atoms with Crippen molar-refractivity contribution < 1.29 is 31.4 Å². The Morgan fingerprint density at radius 3 is 1.46 bits per heavy atom. The highest BCUT2D eigenvalue weighted by atomic mass is 35.5. The number of aromatic nitrogens is 2. The molecule has 2 rings (SSSR count). The number of halogens is 9. The fourth-order valence-electron chi connectivity index (χ4n) is 1.44. The first-order valence-corrected chi connectivity index (χ1v) is 7.79. The van der Waals surface area contributed by atoms with Crippen LogP contribution in [0.4, 0.5) is 26.3 Å². The Morgan fingerprint density at radius 2 is 1.19 bits per heavy atom. The summed E-state index contributed by atoms with van der Waals surface area (Å²) in [5.74, 6) is 0.0456. The Labute approximate surface area is 158 Å². The molecule has 0 aliphatic rings. The van der Waals surface area contributed by atoms with Crippen molar-refractivity contribution in [2.24, 2.45) is 0 Å². The molecule has 0 unspecified atom stereocenters. The van der Waals surface area contributed by atoms with E-state index in [4.69, 9.17) is 39.9 Å². The van der Waals surface area contributed by atoms with Gasteiger partial charge >= 0.3 is 12.4 Å². The first-order chi connectivity index (χ1) is 11.9. The van der Waals surface area contributed by atoms with Crippen molar-refractivity contribution >= 4 is 34.8 Å². The lowest BCUT2D eigenvalue weighted by Crippen LogP contribution is -2.08. The highest BCUT2D eigenvalue weighted by Crippen LogP contribution is 2.31. The maximum absolute atomic E-state index is 12.0. The molecule has 1 N–H and O–H groups in total. The number of aliphatic hydroxyl groups excluding tert-OH is 1. The molecule has 0 bridgehead atoms. The van der Waals surface area contributed by atoms with Crippen LogP contribution in [0.5, 0.6) is 0 Å². The fraction of sp³-hybridized carbons (Fsp3) is 0.286. The van der Waals surface area contributed by atoms with Gasteiger partial charge in [0.05, 0.1) is 12.5 Å². The predicted molar refractivity (Wildman–Crippen MR) is 84.0 cm³/mol. The Hall–Kier alpha value is -1.29. The SMILES string of the molecule is FC(F)(F)c1cc(Cl)c(CCl)cn1.OCc1cnc(C(F)(F)F)cc1Cl. The molecule has 0 radical (unpaired) electrons. The minimum Gasteiger partial charge on any atom is -0.392 e. The molecule has 12 heteroatoms. The second-order valence-electron chi connectivity index (χ2n) is 4.61.